The predicted molar refractivity (Wildman–Crippen MR) is 79.6 cm³/mol. The Balaban J connectivity index is 1.59. The van der Waals surface area contributed by atoms with Crippen molar-refractivity contribution in [2.45, 2.75) is 44.8 Å². The molecule has 2 rings (SSSR count). The first-order valence-corrected chi connectivity index (χ1v) is 8.00. The van der Waals surface area contributed by atoms with Gasteiger partial charge in [0, 0.05) is 25.7 Å². The molecule has 0 bridgehead atoms. The monoisotopic (exact) mass is 269 g/mol. The first-order chi connectivity index (χ1) is 9.25. The lowest BCUT2D eigenvalue weighted by Gasteiger charge is -2.28. The van der Waals surface area contributed by atoms with Crippen molar-refractivity contribution < 1.29 is 4.74 Å². The van der Waals surface area contributed by atoms with E-state index in [-0.39, 0.29) is 0 Å². The maximum Gasteiger partial charge on any atom is 0.0599 e. The molecule has 4 heteroatoms. The summed E-state index contributed by atoms with van der Waals surface area (Å²) in [5.74, 6) is 0. The van der Waals surface area contributed by atoms with Crippen molar-refractivity contribution in [1.82, 2.24) is 15.1 Å². The molecule has 1 unspecified atom stereocenters. The van der Waals surface area contributed by atoms with Crippen molar-refractivity contribution in [2.75, 3.05) is 52.9 Å². The van der Waals surface area contributed by atoms with Crippen LogP contribution in [0.25, 0.3) is 0 Å². The Hall–Kier alpha value is -0.160. The minimum atomic E-state index is 0.508. The third-order valence-electron chi connectivity index (χ3n) is 4.41. The Morgan fingerprint density at radius 2 is 2.00 bits per heavy atom. The van der Waals surface area contributed by atoms with E-state index in [9.17, 15) is 0 Å². The fraction of sp³-hybridized carbons (Fsp3) is 1.00. The second-order valence-corrected chi connectivity index (χ2v) is 6.17. The van der Waals surface area contributed by atoms with Crippen molar-refractivity contribution in [3.63, 3.8) is 0 Å². The zero-order valence-corrected chi connectivity index (χ0v) is 12.7. The summed E-state index contributed by atoms with van der Waals surface area (Å²) in [7, 11) is 2.24. The summed E-state index contributed by atoms with van der Waals surface area (Å²) in [6.45, 7) is 10.4. The number of hydrogen-bond acceptors (Lipinski definition) is 4. The molecule has 2 saturated heterocycles. The van der Waals surface area contributed by atoms with Crippen LogP contribution in [0.3, 0.4) is 0 Å². The maximum absolute atomic E-state index is 5.98. The minimum Gasteiger partial charge on any atom is -0.378 e. The molecule has 112 valence electrons. The van der Waals surface area contributed by atoms with E-state index in [2.05, 4.69) is 29.1 Å². The average molecular weight is 269 g/mol. The maximum atomic E-state index is 5.98. The van der Waals surface area contributed by atoms with Crippen LogP contribution in [0.1, 0.15) is 32.6 Å². The highest BCUT2D eigenvalue weighted by Gasteiger charge is 2.19. The van der Waals surface area contributed by atoms with Crippen LogP contribution in [-0.4, -0.2) is 74.9 Å². The number of hydrogen-bond donors (Lipinski definition) is 1. The summed E-state index contributed by atoms with van der Waals surface area (Å²) < 4.78 is 5.98. The first-order valence-electron chi connectivity index (χ1n) is 8.00. The predicted octanol–water partition coefficient (Wildman–Crippen LogP) is 1.17. The van der Waals surface area contributed by atoms with E-state index < -0.39 is 0 Å². The van der Waals surface area contributed by atoms with Gasteiger partial charge in [0.1, 0.15) is 0 Å². The molecule has 1 atom stereocenters. The lowest BCUT2D eigenvalue weighted by atomic mass is 10.1. The van der Waals surface area contributed by atoms with Gasteiger partial charge >= 0.3 is 0 Å². The fourth-order valence-corrected chi connectivity index (χ4v) is 3.23. The van der Waals surface area contributed by atoms with Crippen LogP contribution in [-0.2, 0) is 4.74 Å². The summed E-state index contributed by atoms with van der Waals surface area (Å²) in [6, 6.07) is 0.686. The number of nitrogens with zero attached hydrogens (tertiary/aromatic N) is 2. The van der Waals surface area contributed by atoms with Crippen LogP contribution in [0, 0.1) is 0 Å². The van der Waals surface area contributed by atoms with Crippen LogP contribution in [0.15, 0.2) is 0 Å². The summed E-state index contributed by atoms with van der Waals surface area (Å²) in [6.07, 6.45) is 5.36. The standard InChI is InChI=1S/C15H31N3O/c1-14-13-17(2)9-3-10-18(14)11-4-12-19-15-5-7-16-8-6-15/h14-16H,3-13H2,1-2H3. The lowest BCUT2D eigenvalue weighted by Crippen LogP contribution is -2.39. The molecule has 4 nitrogen and oxygen atoms in total. The number of piperidine rings is 1. The normalized spacial score (nSPS) is 28.4. The molecule has 2 aliphatic heterocycles. The molecule has 2 fully saturated rings. The Morgan fingerprint density at radius 3 is 2.79 bits per heavy atom. The van der Waals surface area contributed by atoms with E-state index in [0.717, 1.165) is 19.7 Å². The molecular formula is C15H31N3O. The van der Waals surface area contributed by atoms with E-state index in [1.54, 1.807) is 0 Å². The third-order valence-corrected chi connectivity index (χ3v) is 4.41. The highest BCUT2D eigenvalue weighted by atomic mass is 16.5. The van der Waals surface area contributed by atoms with Crippen LogP contribution in [0.5, 0.6) is 0 Å². The molecule has 19 heavy (non-hydrogen) atoms. The van der Waals surface area contributed by atoms with Gasteiger partial charge in [0.05, 0.1) is 6.10 Å². The van der Waals surface area contributed by atoms with Crippen molar-refractivity contribution in [3.8, 4) is 0 Å². The number of rotatable bonds is 5. The van der Waals surface area contributed by atoms with E-state index in [4.69, 9.17) is 4.74 Å². The zero-order valence-electron chi connectivity index (χ0n) is 12.7. The van der Waals surface area contributed by atoms with Gasteiger partial charge in [-0.2, -0.15) is 0 Å². The molecular weight excluding hydrogens is 238 g/mol. The van der Waals surface area contributed by atoms with Crippen molar-refractivity contribution in [3.05, 3.63) is 0 Å². The molecule has 1 N–H and O–H groups in total. The smallest absolute Gasteiger partial charge is 0.0599 e. The van der Waals surface area contributed by atoms with Crippen LogP contribution in [0.2, 0.25) is 0 Å². The van der Waals surface area contributed by atoms with Gasteiger partial charge < -0.3 is 15.0 Å². The molecule has 0 aromatic rings. The van der Waals surface area contributed by atoms with Crippen LogP contribution >= 0.6 is 0 Å². The van der Waals surface area contributed by atoms with Gasteiger partial charge in [-0.3, -0.25) is 4.90 Å². The summed E-state index contributed by atoms with van der Waals surface area (Å²) in [5, 5.41) is 3.38. The van der Waals surface area contributed by atoms with Crippen molar-refractivity contribution in [2.24, 2.45) is 0 Å². The second-order valence-electron chi connectivity index (χ2n) is 6.17. The fourth-order valence-electron chi connectivity index (χ4n) is 3.23. The van der Waals surface area contributed by atoms with Gasteiger partial charge in [-0.25, -0.2) is 0 Å². The Labute approximate surface area is 118 Å². The summed E-state index contributed by atoms with van der Waals surface area (Å²) in [4.78, 5) is 5.09. The number of ether oxygens (including phenoxy) is 1. The molecule has 2 heterocycles. The van der Waals surface area contributed by atoms with E-state index in [1.165, 1.54) is 51.9 Å². The Kier molecular flexibility index (Phi) is 6.57. The van der Waals surface area contributed by atoms with E-state index in [0.29, 0.717) is 12.1 Å². The quantitative estimate of drug-likeness (QED) is 0.758. The number of likely N-dealkylation sites (N-methyl/N-ethyl adjacent to an activating group) is 1. The van der Waals surface area contributed by atoms with Gasteiger partial charge in [0.25, 0.3) is 0 Å². The van der Waals surface area contributed by atoms with E-state index >= 15 is 0 Å². The lowest BCUT2D eigenvalue weighted by molar-refractivity contribution is 0.0263. The van der Waals surface area contributed by atoms with Gasteiger partial charge in [0.2, 0.25) is 0 Å². The third kappa shape index (κ3) is 5.38. The number of nitrogens with one attached hydrogen (secondary N) is 1. The molecule has 0 aromatic carbocycles. The van der Waals surface area contributed by atoms with Gasteiger partial charge in [0.15, 0.2) is 0 Å². The molecule has 0 amide bonds. The molecule has 0 spiro atoms. The minimum absolute atomic E-state index is 0.508. The molecule has 0 aromatic heterocycles. The van der Waals surface area contributed by atoms with Crippen LogP contribution in [0.4, 0.5) is 0 Å². The zero-order chi connectivity index (χ0) is 13.5. The highest BCUT2D eigenvalue weighted by Crippen LogP contribution is 2.11. The molecule has 0 radical (unpaired) electrons. The molecule has 0 saturated carbocycles. The highest BCUT2D eigenvalue weighted by molar-refractivity contribution is 4.75. The Morgan fingerprint density at radius 1 is 1.21 bits per heavy atom. The average Bonchev–Trinajstić information content (AvgIpc) is 2.57. The Bertz CT molecular complexity index is 244. The van der Waals surface area contributed by atoms with Crippen molar-refractivity contribution >= 4 is 0 Å². The van der Waals surface area contributed by atoms with Gasteiger partial charge in [-0.15, -0.1) is 0 Å². The summed E-state index contributed by atoms with van der Waals surface area (Å²) in [5.41, 5.74) is 0. The van der Waals surface area contributed by atoms with Crippen molar-refractivity contribution in [1.29, 1.82) is 0 Å². The van der Waals surface area contributed by atoms with E-state index in [1.807, 2.05) is 0 Å². The SMILES string of the molecule is CC1CN(C)CCCN1CCCOC1CCNCC1. The molecule has 0 aliphatic carbocycles. The van der Waals surface area contributed by atoms with Crippen LogP contribution < -0.4 is 5.32 Å². The van der Waals surface area contributed by atoms with Gasteiger partial charge in [-0.05, 0) is 65.8 Å². The van der Waals surface area contributed by atoms with Gasteiger partial charge in [-0.1, -0.05) is 0 Å². The molecule has 2 aliphatic rings. The summed E-state index contributed by atoms with van der Waals surface area (Å²) >= 11 is 0. The first kappa shape index (κ1) is 15.2. The largest absolute Gasteiger partial charge is 0.378 e. The second kappa shape index (κ2) is 8.20. The topological polar surface area (TPSA) is 27.7 Å².